The summed E-state index contributed by atoms with van der Waals surface area (Å²) in [5, 5.41) is 15.8. The Morgan fingerprint density at radius 1 is 1.12 bits per heavy atom. The second-order valence-corrected chi connectivity index (χ2v) is 6.52. The van der Waals surface area contributed by atoms with Crippen LogP contribution in [-0.4, -0.2) is 63.0 Å². The molecule has 0 saturated carbocycles. The molecule has 0 aliphatic carbocycles. The van der Waals surface area contributed by atoms with Crippen LogP contribution < -0.4 is 20.1 Å². The van der Waals surface area contributed by atoms with Crippen molar-refractivity contribution in [1.29, 1.82) is 0 Å². The fraction of sp³-hybridized carbons (Fsp3) is 0.632. The van der Waals surface area contributed by atoms with Gasteiger partial charge in [-0.25, -0.2) is 4.79 Å². The smallest absolute Gasteiger partial charge is 0.314 e. The summed E-state index contributed by atoms with van der Waals surface area (Å²) in [4.78, 5) is 14.3. The minimum absolute atomic E-state index is 0.130. The van der Waals surface area contributed by atoms with Crippen LogP contribution in [0.25, 0.3) is 0 Å². The van der Waals surface area contributed by atoms with Crippen molar-refractivity contribution >= 4 is 6.03 Å². The fourth-order valence-corrected chi connectivity index (χ4v) is 3.12. The van der Waals surface area contributed by atoms with Gasteiger partial charge in [-0.15, -0.1) is 0 Å². The molecule has 0 radical (unpaired) electrons. The van der Waals surface area contributed by atoms with Gasteiger partial charge in [-0.2, -0.15) is 0 Å². The van der Waals surface area contributed by atoms with Crippen LogP contribution in [0.4, 0.5) is 4.79 Å². The standard InChI is InChI=1S/C19H31N3O4/c1-25-17-8-7-15(13-18(17)26-2)16(23)14-21-19(24)20-9-12-22-10-5-3-4-6-11-22/h7-8,13,16,23H,3-6,9-12,14H2,1-2H3,(H2,20,21,24). The quantitative estimate of drug-likeness (QED) is 0.656. The van der Waals surface area contributed by atoms with E-state index in [2.05, 4.69) is 15.5 Å². The molecule has 1 fully saturated rings. The number of likely N-dealkylation sites (tertiary alicyclic amines) is 1. The summed E-state index contributed by atoms with van der Waals surface area (Å²) in [7, 11) is 3.11. The first-order valence-electron chi connectivity index (χ1n) is 9.28. The highest BCUT2D eigenvalue weighted by Gasteiger charge is 2.13. The number of urea groups is 1. The predicted octanol–water partition coefficient (Wildman–Crippen LogP) is 1.91. The van der Waals surface area contributed by atoms with Crippen molar-refractivity contribution in [3.8, 4) is 11.5 Å². The molecule has 1 saturated heterocycles. The highest BCUT2D eigenvalue weighted by Crippen LogP contribution is 2.29. The molecule has 2 amide bonds. The summed E-state index contributed by atoms with van der Waals surface area (Å²) in [5.74, 6) is 1.15. The molecule has 1 aromatic rings. The van der Waals surface area contributed by atoms with E-state index >= 15 is 0 Å². The van der Waals surface area contributed by atoms with Crippen molar-refractivity contribution < 1.29 is 19.4 Å². The first-order valence-corrected chi connectivity index (χ1v) is 9.28. The second kappa shape index (κ2) is 10.9. The number of nitrogens with zero attached hydrogens (tertiary/aromatic N) is 1. The zero-order valence-corrected chi connectivity index (χ0v) is 15.8. The van der Waals surface area contributed by atoms with Crippen LogP contribution in [0.15, 0.2) is 18.2 Å². The minimum atomic E-state index is -0.814. The zero-order chi connectivity index (χ0) is 18.8. The number of ether oxygens (including phenoxy) is 2. The molecule has 1 atom stereocenters. The largest absolute Gasteiger partial charge is 0.493 e. The molecule has 1 aromatic carbocycles. The van der Waals surface area contributed by atoms with Crippen molar-refractivity contribution in [2.24, 2.45) is 0 Å². The van der Waals surface area contributed by atoms with Crippen LogP contribution in [0, 0.1) is 0 Å². The van der Waals surface area contributed by atoms with Gasteiger partial charge < -0.3 is 30.1 Å². The molecule has 0 bridgehead atoms. The summed E-state index contributed by atoms with van der Waals surface area (Å²) in [5.41, 5.74) is 0.660. The molecular weight excluding hydrogens is 334 g/mol. The molecule has 3 N–H and O–H groups in total. The molecule has 1 aliphatic heterocycles. The number of hydrogen-bond donors (Lipinski definition) is 3. The van der Waals surface area contributed by atoms with E-state index in [1.165, 1.54) is 25.7 Å². The van der Waals surface area contributed by atoms with Gasteiger partial charge in [-0.3, -0.25) is 0 Å². The second-order valence-electron chi connectivity index (χ2n) is 6.52. The molecule has 26 heavy (non-hydrogen) atoms. The molecule has 1 unspecified atom stereocenters. The van der Waals surface area contributed by atoms with E-state index < -0.39 is 6.10 Å². The SMILES string of the molecule is COc1ccc(C(O)CNC(=O)NCCN2CCCCCC2)cc1OC. The van der Waals surface area contributed by atoms with Gasteiger partial charge in [0, 0.05) is 19.6 Å². The summed E-state index contributed by atoms with van der Waals surface area (Å²) in [6.07, 6.45) is 4.27. The number of benzene rings is 1. The number of nitrogens with one attached hydrogen (secondary N) is 2. The summed E-state index contributed by atoms with van der Waals surface area (Å²) in [6, 6.07) is 4.94. The lowest BCUT2D eigenvalue weighted by Crippen LogP contribution is -2.41. The molecule has 1 heterocycles. The summed E-state index contributed by atoms with van der Waals surface area (Å²) >= 11 is 0. The van der Waals surface area contributed by atoms with Crippen molar-refractivity contribution in [2.75, 3.05) is 46.9 Å². The average molecular weight is 365 g/mol. The van der Waals surface area contributed by atoms with Gasteiger partial charge in [-0.1, -0.05) is 18.9 Å². The average Bonchev–Trinajstić information content (AvgIpc) is 2.94. The molecule has 0 spiro atoms. The zero-order valence-electron chi connectivity index (χ0n) is 15.8. The number of methoxy groups -OCH3 is 2. The molecule has 0 aromatic heterocycles. The number of carbonyl (C=O) groups is 1. The lowest BCUT2D eigenvalue weighted by Gasteiger charge is -2.20. The van der Waals surface area contributed by atoms with E-state index in [-0.39, 0.29) is 12.6 Å². The van der Waals surface area contributed by atoms with Crippen LogP contribution in [0.1, 0.15) is 37.4 Å². The van der Waals surface area contributed by atoms with Crippen LogP contribution in [0.3, 0.4) is 0 Å². The van der Waals surface area contributed by atoms with Gasteiger partial charge in [0.1, 0.15) is 0 Å². The molecule has 1 aliphatic rings. The maximum absolute atomic E-state index is 11.9. The van der Waals surface area contributed by atoms with E-state index in [0.29, 0.717) is 23.6 Å². The van der Waals surface area contributed by atoms with E-state index in [4.69, 9.17) is 9.47 Å². The number of hydrogen-bond acceptors (Lipinski definition) is 5. The van der Waals surface area contributed by atoms with Crippen LogP contribution in [-0.2, 0) is 0 Å². The Bertz CT molecular complexity index is 560. The Labute approximate surface area is 155 Å². The van der Waals surface area contributed by atoms with E-state index in [1.54, 1.807) is 32.4 Å². The third-order valence-corrected chi connectivity index (χ3v) is 4.66. The van der Waals surface area contributed by atoms with E-state index in [1.807, 2.05) is 0 Å². The highest BCUT2D eigenvalue weighted by molar-refractivity contribution is 5.73. The third kappa shape index (κ3) is 6.38. The Morgan fingerprint density at radius 2 is 1.81 bits per heavy atom. The molecule has 7 nitrogen and oxygen atoms in total. The number of aliphatic hydroxyl groups is 1. The molecule has 7 heteroatoms. The molecule has 146 valence electrons. The van der Waals surface area contributed by atoms with Crippen molar-refractivity contribution in [3.05, 3.63) is 23.8 Å². The van der Waals surface area contributed by atoms with Gasteiger partial charge in [0.15, 0.2) is 11.5 Å². The first kappa shape index (κ1) is 20.3. The van der Waals surface area contributed by atoms with Gasteiger partial charge >= 0.3 is 6.03 Å². The Kier molecular flexibility index (Phi) is 8.50. The van der Waals surface area contributed by atoms with Gasteiger partial charge in [0.25, 0.3) is 0 Å². The van der Waals surface area contributed by atoms with Crippen LogP contribution in [0.5, 0.6) is 11.5 Å². The predicted molar refractivity (Wildman–Crippen MR) is 101 cm³/mol. The summed E-state index contributed by atoms with van der Waals surface area (Å²) in [6.45, 7) is 3.83. The first-order chi connectivity index (χ1) is 12.6. The fourth-order valence-electron chi connectivity index (χ4n) is 3.12. The lowest BCUT2D eigenvalue weighted by atomic mass is 10.1. The lowest BCUT2D eigenvalue weighted by molar-refractivity contribution is 0.172. The number of carbonyl (C=O) groups excluding carboxylic acids is 1. The van der Waals surface area contributed by atoms with Gasteiger partial charge in [0.2, 0.25) is 0 Å². The van der Waals surface area contributed by atoms with Crippen molar-refractivity contribution in [1.82, 2.24) is 15.5 Å². The number of amides is 2. The van der Waals surface area contributed by atoms with E-state index in [0.717, 1.165) is 19.6 Å². The Morgan fingerprint density at radius 3 is 2.46 bits per heavy atom. The van der Waals surface area contributed by atoms with Crippen molar-refractivity contribution in [3.63, 3.8) is 0 Å². The van der Waals surface area contributed by atoms with Crippen molar-refractivity contribution in [2.45, 2.75) is 31.8 Å². The monoisotopic (exact) mass is 365 g/mol. The van der Waals surface area contributed by atoms with Crippen LogP contribution in [0.2, 0.25) is 0 Å². The normalized spacial score (nSPS) is 16.4. The Balaban J connectivity index is 1.71. The van der Waals surface area contributed by atoms with E-state index in [9.17, 15) is 9.90 Å². The third-order valence-electron chi connectivity index (χ3n) is 4.66. The number of rotatable bonds is 8. The molecule has 2 rings (SSSR count). The maximum atomic E-state index is 11.9. The Hall–Kier alpha value is -1.99. The van der Waals surface area contributed by atoms with Crippen LogP contribution >= 0.6 is 0 Å². The van der Waals surface area contributed by atoms with Gasteiger partial charge in [-0.05, 0) is 43.6 Å². The maximum Gasteiger partial charge on any atom is 0.314 e. The number of aliphatic hydroxyl groups excluding tert-OH is 1. The van der Waals surface area contributed by atoms with Gasteiger partial charge in [0.05, 0.1) is 20.3 Å². The molecular formula is C19H31N3O4. The minimum Gasteiger partial charge on any atom is -0.493 e. The summed E-state index contributed by atoms with van der Waals surface area (Å²) < 4.78 is 10.4. The topological polar surface area (TPSA) is 83.1 Å². The highest BCUT2D eigenvalue weighted by atomic mass is 16.5.